The molecule has 8 heteroatoms. The first kappa shape index (κ1) is 21.9. The number of hydrogen-bond donors (Lipinski definition) is 0. The van der Waals surface area contributed by atoms with Crippen molar-refractivity contribution >= 4 is 0 Å². The predicted molar refractivity (Wildman–Crippen MR) is 94.1 cm³/mol. The van der Waals surface area contributed by atoms with Crippen molar-refractivity contribution in [1.29, 1.82) is 0 Å². The van der Waals surface area contributed by atoms with Crippen LogP contribution in [0.15, 0.2) is 0 Å². The summed E-state index contributed by atoms with van der Waals surface area (Å²) in [5.41, 5.74) is 0. The SMILES string of the molecule is CCCN1CC[N+](CCC)([N+]2(C(C)C)CCN(C(C)C)C2(F)F)C1(F)F. The minimum Gasteiger partial charge on any atom is -0.180 e. The van der Waals surface area contributed by atoms with Gasteiger partial charge < -0.3 is 0 Å². The second-order valence-electron chi connectivity index (χ2n) is 8.31. The molecule has 0 spiro atoms. The van der Waals surface area contributed by atoms with E-state index in [4.69, 9.17) is 0 Å². The molecule has 2 fully saturated rings. The Hall–Kier alpha value is -0.440. The number of hydrogen-bond acceptors (Lipinski definition) is 2. The first-order valence-electron chi connectivity index (χ1n) is 9.99. The summed E-state index contributed by atoms with van der Waals surface area (Å²) in [6, 6.07) is -1.01. The molecule has 0 amide bonds. The molecule has 0 aromatic rings. The Balaban J connectivity index is 2.66. The van der Waals surface area contributed by atoms with E-state index in [-0.39, 0.29) is 39.3 Å². The molecule has 2 atom stereocenters. The van der Waals surface area contributed by atoms with Crippen LogP contribution in [0.1, 0.15) is 54.4 Å². The molecule has 2 saturated heterocycles. The van der Waals surface area contributed by atoms with Gasteiger partial charge in [0.15, 0.2) is 0 Å². The zero-order chi connectivity index (χ0) is 20.0. The molecule has 0 N–H and O–H groups in total. The van der Waals surface area contributed by atoms with Crippen molar-refractivity contribution in [3.8, 4) is 0 Å². The normalized spacial score (nSPS) is 35.1. The van der Waals surface area contributed by atoms with Gasteiger partial charge in [-0.3, -0.25) is 0 Å². The van der Waals surface area contributed by atoms with Crippen LogP contribution in [0.4, 0.5) is 17.6 Å². The zero-order valence-electron chi connectivity index (χ0n) is 17.1. The maximum absolute atomic E-state index is 15.8. The summed E-state index contributed by atoms with van der Waals surface area (Å²) in [5.74, 6) is 0. The predicted octanol–water partition coefficient (Wildman–Crippen LogP) is 3.90. The van der Waals surface area contributed by atoms with Crippen LogP contribution in [0.5, 0.6) is 0 Å². The number of rotatable bonds is 7. The molecule has 154 valence electrons. The largest absolute Gasteiger partial charge is 0.507 e. The van der Waals surface area contributed by atoms with E-state index in [0.717, 1.165) is 9.80 Å². The van der Waals surface area contributed by atoms with Crippen LogP contribution in [0.3, 0.4) is 0 Å². The molecule has 26 heavy (non-hydrogen) atoms. The lowest BCUT2D eigenvalue weighted by Crippen LogP contribution is -2.84. The van der Waals surface area contributed by atoms with Crippen molar-refractivity contribution in [1.82, 2.24) is 9.80 Å². The molecule has 2 rings (SSSR count). The Morgan fingerprint density at radius 2 is 1.50 bits per heavy atom. The number of quaternary nitrogens is 2. The van der Waals surface area contributed by atoms with Gasteiger partial charge in [0.1, 0.15) is 25.7 Å². The first-order chi connectivity index (χ1) is 12.0. The van der Waals surface area contributed by atoms with Gasteiger partial charge in [-0.2, -0.15) is 9.80 Å². The molecule has 2 heterocycles. The highest BCUT2D eigenvalue weighted by atomic mass is 19.3. The van der Waals surface area contributed by atoms with E-state index in [1.165, 1.54) is 0 Å². The lowest BCUT2D eigenvalue weighted by molar-refractivity contribution is -1.54. The molecule has 0 aromatic carbocycles. The summed E-state index contributed by atoms with van der Waals surface area (Å²) in [6.45, 7) is 11.1. The lowest BCUT2D eigenvalue weighted by atomic mass is 10.2. The van der Waals surface area contributed by atoms with E-state index in [9.17, 15) is 0 Å². The van der Waals surface area contributed by atoms with Crippen molar-refractivity contribution in [2.45, 2.75) is 78.8 Å². The van der Waals surface area contributed by atoms with Gasteiger partial charge in [0.05, 0.1) is 13.1 Å². The Labute approximate surface area is 155 Å². The van der Waals surface area contributed by atoms with Gasteiger partial charge in [-0.15, -0.1) is 17.6 Å². The van der Waals surface area contributed by atoms with Crippen molar-refractivity contribution in [2.75, 3.05) is 39.3 Å². The van der Waals surface area contributed by atoms with Gasteiger partial charge in [0.2, 0.25) is 0 Å². The van der Waals surface area contributed by atoms with Crippen molar-refractivity contribution in [3.63, 3.8) is 0 Å². The quantitative estimate of drug-likeness (QED) is 0.373. The molecule has 2 aliphatic rings. The van der Waals surface area contributed by atoms with Gasteiger partial charge in [-0.05, 0) is 40.5 Å². The second-order valence-corrected chi connectivity index (χ2v) is 8.31. The first-order valence-corrected chi connectivity index (χ1v) is 9.99. The maximum Gasteiger partial charge on any atom is 0.507 e. The van der Waals surface area contributed by atoms with Crippen LogP contribution >= 0.6 is 0 Å². The Kier molecular flexibility index (Phi) is 6.04. The molecule has 0 aliphatic carbocycles. The van der Waals surface area contributed by atoms with Crippen LogP contribution in [-0.4, -0.2) is 82.7 Å². The average Bonchev–Trinajstić information content (AvgIpc) is 2.94. The summed E-state index contributed by atoms with van der Waals surface area (Å²) < 4.78 is 61.5. The highest BCUT2D eigenvalue weighted by Crippen LogP contribution is 2.54. The lowest BCUT2D eigenvalue weighted by Gasteiger charge is -2.54. The van der Waals surface area contributed by atoms with E-state index in [2.05, 4.69) is 0 Å². The molecule has 0 aromatic heterocycles. The summed E-state index contributed by atoms with van der Waals surface area (Å²) in [4.78, 5) is 2.24. The average molecular weight is 385 g/mol. The van der Waals surface area contributed by atoms with Crippen molar-refractivity contribution < 1.29 is 26.7 Å². The zero-order valence-corrected chi connectivity index (χ0v) is 17.1. The fourth-order valence-corrected chi connectivity index (χ4v) is 5.28. The monoisotopic (exact) mass is 384 g/mol. The topological polar surface area (TPSA) is 6.48 Å². The third-order valence-electron chi connectivity index (χ3n) is 6.36. The van der Waals surface area contributed by atoms with E-state index >= 15 is 17.6 Å². The van der Waals surface area contributed by atoms with Gasteiger partial charge in [-0.1, -0.05) is 23.0 Å². The minimum absolute atomic E-state index is 0.0401. The Morgan fingerprint density at radius 1 is 0.885 bits per heavy atom. The fourth-order valence-electron chi connectivity index (χ4n) is 5.28. The van der Waals surface area contributed by atoms with E-state index in [1.807, 2.05) is 13.8 Å². The summed E-state index contributed by atoms with van der Waals surface area (Å²) in [5, 5.41) is 0. The molecule has 2 unspecified atom stereocenters. The molecular weight excluding hydrogens is 348 g/mol. The Morgan fingerprint density at radius 3 is 1.92 bits per heavy atom. The van der Waals surface area contributed by atoms with E-state index < -0.39 is 33.6 Å². The van der Waals surface area contributed by atoms with Crippen LogP contribution < -0.4 is 0 Å². The molecule has 0 radical (unpaired) electrons. The van der Waals surface area contributed by atoms with Gasteiger partial charge in [0, 0.05) is 12.6 Å². The molecule has 0 bridgehead atoms. The van der Waals surface area contributed by atoms with Crippen LogP contribution in [0, 0.1) is 0 Å². The van der Waals surface area contributed by atoms with E-state index in [1.54, 1.807) is 27.7 Å². The third-order valence-corrected chi connectivity index (χ3v) is 6.36. The number of alkyl halides is 4. The number of halogens is 4. The van der Waals surface area contributed by atoms with Gasteiger partial charge in [0.25, 0.3) is 0 Å². The molecule has 0 saturated carbocycles. The Bertz CT molecular complexity index is 500. The van der Waals surface area contributed by atoms with Gasteiger partial charge >= 0.3 is 12.3 Å². The summed E-state index contributed by atoms with van der Waals surface area (Å²) >= 11 is 0. The second kappa shape index (κ2) is 7.18. The number of nitrogens with zero attached hydrogens (tertiary/aromatic N) is 4. The minimum atomic E-state index is -3.33. The fraction of sp³-hybridized carbons (Fsp3) is 1.00. The highest BCUT2D eigenvalue weighted by Gasteiger charge is 2.83. The van der Waals surface area contributed by atoms with Crippen LogP contribution in [0.2, 0.25) is 0 Å². The summed E-state index contributed by atoms with van der Waals surface area (Å²) in [7, 11) is 0. The molecule has 2 aliphatic heterocycles. The van der Waals surface area contributed by atoms with E-state index in [0.29, 0.717) is 12.8 Å². The maximum atomic E-state index is 15.8. The third kappa shape index (κ3) is 2.63. The highest BCUT2D eigenvalue weighted by molar-refractivity contribution is 4.77. The molecule has 4 nitrogen and oxygen atoms in total. The smallest absolute Gasteiger partial charge is 0.180 e. The van der Waals surface area contributed by atoms with Crippen molar-refractivity contribution in [2.24, 2.45) is 0 Å². The van der Waals surface area contributed by atoms with Gasteiger partial charge in [-0.25, -0.2) is 0 Å². The van der Waals surface area contributed by atoms with Crippen LogP contribution in [-0.2, 0) is 0 Å². The van der Waals surface area contributed by atoms with Crippen LogP contribution in [0.25, 0.3) is 0 Å². The standard InChI is InChI=1S/C18H36F4N4/c1-7-9-23-10-13-25(12-8-2,17(23,19)20)26(16(5)6)14-11-24(15(3)4)18(26,21)22/h15-16H,7-14H2,1-6H3/q+2. The molecular formula is C18H36F4N4+2. The summed E-state index contributed by atoms with van der Waals surface area (Å²) in [6.07, 6.45) is -5.60. The van der Waals surface area contributed by atoms with Crippen molar-refractivity contribution in [3.05, 3.63) is 0 Å².